The third kappa shape index (κ3) is 32.8. The third-order valence-electron chi connectivity index (χ3n) is 29.5. The minimum absolute atomic E-state index is 0.00984. The summed E-state index contributed by atoms with van der Waals surface area (Å²) in [6.45, 7) is 35.2. The number of aliphatic hydroxyl groups excluding tert-OH is 8. The van der Waals surface area contributed by atoms with E-state index in [-0.39, 0.29) is 124 Å². The molecule has 0 radical (unpaired) electrons. The lowest BCUT2D eigenvalue weighted by atomic mass is 9.77. The van der Waals surface area contributed by atoms with Gasteiger partial charge in [-0.2, -0.15) is 0 Å². The number of carbonyl (C=O) groups excluding carboxylic acids is 4. The number of carbonyl (C=O) groups is 4. The molecule has 15 N–H and O–H groups in total. The van der Waals surface area contributed by atoms with Crippen LogP contribution in [0, 0.1) is 55.7 Å². The smallest absolute Gasteiger partial charge is 0.311 e. The molecule has 8 rings (SSSR count). The van der Waals surface area contributed by atoms with E-state index in [1.54, 1.807) is 135 Å². The van der Waals surface area contributed by atoms with E-state index in [1.807, 2.05) is 56.4 Å². The fraction of sp³-hybridized carbons (Fsp3) is 0.837. The summed E-state index contributed by atoms with van der Waals surface area (Å²) >= 11 is 3.16. The van der Waals surface area contributed by atoms with Gasteiger partial charge in [0.15, 0.2) is 25.2 Å². The Morgan fingerprint density at radius 3 is 1.24 bits per heavy atom. The molecule has 0 unspecified atom stereocenters. The predicted octanol–water partition coefficient (Wildman–Crippen LogP) is 5.25. The van der Waals surface area contributed by atoms with Crippen LogP contribution in [0.4, 0.5) is 11.4 Å². The van der Waals surface area contributed by atoms with Gasteiger partial charge in [-0.05, 0) is 199 Å². The quantitative estimate of drug-likeness (QED) is 0.0214. The fourth-order valence-corrected chi connectivity index (χ4v) is 21.1. The highest BCUT2D eigenvalue weighted by Gasteiger charge is 2.57. The van der Waals surface area contributed by atoms with Gasteiger partial charge in [-0.3, -0.25) is 39.4 Å². The van der Waals surface area contributed by atoms with Crippen molar-refractivity contribution in [2.45, 2.75) is 408 Å². The zero-order valence-corrected chi connectivity index (χ0v) is 88.1. The number of alkyl halides is 1. The number of benzene rings is 2. The van der Waals surface area contributed by atoms with Crippen molar-refractivity contribution in [3.05, 3.63) is 79.9 Å². The molecule has 139 heavy (non-hydrogen) atoms. The molecule has 2 aromatic carbocycles. The van der Waals surface area contributed by atoms with E-state index in [0.29, 0.717) is 49.7 Å². The van der Waals surface area contributed by atoms with Crippen LogP contribution in [0.1, 0.15) is 214 Å². The molecule has 0 saturated carbocycles. The van der Waals surface area contributed by atoms with Gasteiger partial charge in [-0.25, -0.2) is 0 Å². The highest BCUT2D eigenvalue weighted by molar-refractivity contribution is 9.09. The fourth-order valence-electron chi connectivity index (χ4n) is 20.7. The number of hydrogen-bond acceptors (Lipinski definition) is 36. The number of cyclic esters (lactones) is 2. The van der Waals surface area contributed by atoms with Crippen LogP contribution in [0.3, 0.4) is 0 Å². The maximum Gasteiger partial charge on any atom is 0.311 e. The van der Waals surface area contributed by atoms with Crippen molar-refractivity contribution in [2.24, 2.45) is 35.5 Å². The standard InChI is InChI=1S/C49H84N4O16.C37H70N2O12.C12H15BrN2O4/c1-14-37-49(10,61)42(57)31(6)52(12)25-27(2)23-47(8,60)44(29(4)41(30(5)45(59)67-37)68-39-24-48(9,64-13)43(58)32(7)66-39)69-46-40(56)36(21-28(3)65-46)51(11)20-19-38(55)50-34(26-54)22-33-15-17-35(18-16-33)53(62)63;1-14-26-37(10,45)30(41)23(6)39(12)18-19(2)16-35(8,44)32(51-34-28(40)25(38-11)15-20(3)47-34)21(4)29(22(5)33(43)49-26)50-27-17-36(9,46-13)31(42)24(7)48-27;13-6-5-12(17)14-10(8-16)7-9-1-3-11(4-2-9)15(18)19/h15-18,27-32,34,36-37,39-44,46,54,56-58,60-61H,14,19-26H2,1-13H3,(H,50,55);19-32,34,38,40-42,44-45H,14-18H2,1-13H3;1-4,10,16H,5-8H2,(H,14,17)/t27-,28-,29+,30-,31-,32+,34+,36+,37-,39+,40-,41+,42-,43+,44-,46+,47-,48-,49-;19-,20-,21+,22-,23-,24+,25+,26-,27+,28-,29+,30-,31+,32-,34+,35-,36-,37-;10-/m110/s1. The molecule has 800 valence electrons. The first-order valence-corrected chi connectivity index (χ1v) is 50.2. The Morgan fingerprint density at radius 2 is 0.906 bits per heavy atom. The Hall–Kier alpha value is -5.44. The SMILES string of the molecule is CC[C@H]1OC(=O)[C@H](C)[C@@H](O[C@H]2C[C@@](C)(OC)[C@@H](O)[C@H](C)O2)[C@H](C)[C@@H](O[C@@H]2O[C@H](C)C[C@H](N(C)CCC(=O)N[C@H](CO)Cc3ccc([N+](=O)[O-])cc3)[C@H]2O)[C@](C)(O)C[C@@H](C)CN(C)[C@H](C)[C@@H](O)[C@]1(C)O.CC[C@H]1OC(=O)[C@H](C)[C@@H](O[C@H]2C[C@@](C)(OC)[C@@H](O)[C@H](C)O2)[C@H](C)[C@@H](O[C@@H]2O[C@H](C)C[C@H](NC)[C@H]2O)[C@](C)(O)C[C@@H](C)CN(C)[C@H](C)[C@@H](O)[C@]1(C)O.O=C(CCBr)N[C@H](CO)Cc1ccc([N+](=O)[O-])cc1. The number of halogens is 1. The zero-order valence-electron chi connectivity index (χ0n) is 86.5. The maximum absolute atomic E-state index is 14.4. The average Bonchev–Trinajstić information content (AvgIpc) is 1.74. The molecule has 0 aliphatic carbocycles. The van der Waals surface area contributed by atoms with E-state index in [4.69, 9.17) is 56.8 Å². The Morgan fingerprint density at radius 1 is 0.547 bits per heavy atom. The molecule has 0 aromatic heterocycles. The summed E-state index contributed by atoms with van der Waals surface area (Å²) in [6, 6.07) is 8.88. The third-order valence-corrected chi connectivity index (χ3v) is 29.9. The number of non-ortho nitro benzene ring substituents is 2. The van der Waals surface area contributed by atoms with Gasteiger partial charge in [-0.15, -0.1) is 0 Å². The number of rotatable bonds is 29. The number of likely N-dealkylation sites (N-methyl/N-ethyl adjacent to an activating group) is 4. The number of methoxy groups -OCH3 is 2. The molecular weight excluding hydrogens is 1880 g/mol. The van der Waals surface area contributed by atoms with E-state index >= 15 is 0 Å². The van der Waals surface area contributed by atoms with Gasteiger partial charge in [0, 0.05) is 125 Å². The molecule has 40 nitrogen and oxygen atoms in total. The number of nitrogens with zero attached hydrogens (tertiary/aromatic N) is 5. The van der Waals surface area contributed by atoms with E-state index in [0.717, 1.165) is 5.56 Å². The van der Waals surface area contributed by atoms with Crippen LogP contribution >= 0.6 is 15.9 Å². The van der Waals surface area contributed by atoms with E-state index < -0.39 is 220 Å². The summed E-state index contributed by atoms with van der Waals surface area (Å²) in [7, 11) is 10.2. The summed E-state index contributed by atoms with van der Waals surface area (Å²) in [5.41, 5.74) is -7.54. The molecule has 6 saturated heterocycles. The lowest BCUT2D eigenvalue weighted by Crippen LogP contribution is -2.61. The second-order valence-corrected chi connectivity index (χ2v) is 42.3. The number of nitro groups is 2. The van der Waals surface area contributed by atoms with Gasteiger partial charge >= 0.3 is 11.9 Å². The van der Waals surface area contributed by atoms with Gasteiger partial charge in [0.2, 0.25) is 11.8 Å². The van der Waals surface area contributed by atoms with Gasteiger partial charge in [0.25, 0.3) is 11.4 Å². The lowest BCUT2D eigenvalue weighted by Gasteiger charge is -2.49. The minimum atomic E-state index is -1.86. The van der Waals surface area contributed by atoms with Crippen LogP contribution in [-0.2, 0) is 88.9 Å². The van der Waals surface area contributed by atoms with Crippen LogP contribution < -0.4 is 16.0 Å². The second kappa shape index (κ2) is 53.8. The van der Waals surface area contributed by atoms with Crippen LogP contribution in [0.15, 0.2) is 48.5 Å². The van der Waals surface area contributed by atoms with Gasteiger partial charge in [-0.1, -0.05) is 81.7 Å². The Kier molecular flexibility index (Phi) is 47.3. The summed E-state index contributed by atoms with van der Waals surface area (Å²) < 4.78 is 75.3. The molecule has 0 spiro atoms. The van der Waals surface area contributed by atoms with Crippen molar-refractivity contribution in [3.8, 4) is 0 Å². The summed E-state index contributed by atoms with van der Waals surface area (Å²) in [4.78, 5) is 79.5. The van der Waals surface area contributed by atoms with Crippen molar-refractivity contribution >= 4 is 51.1 Å². The summed E-state index contributed by atoms with van der Waals surface area (Å²) in [5.74, 6) is -6.05. The molecule has 2 aromatic rings. The number of esters is 2. The molecule has 41 heteroatoms. The summed E-state index contributed by atoms with van der Waals surface area (Å²) in [6.07, 6.45) is -17.1. The molecule has 6 heterocycles. The first kappa shape index (κ1) is 122. The molecule has 38 atom stereocenters. The second-order valence-electron chi connectivity index (χ2n) is 41.5. The van der Waals surface area contributed by atoms with Gasteiger partial charge < -0.3 is 149 Å². The van der Waals surface area contributed by atoms with Gasteiger partial charge in [0.1, 0.15) is 60.0 Å². The average molecular weight is 2050 g/mol. The van der Waals surface area contributed by atoms with E-state index in [2.05, 4.69) is 31.9 Å². The first-order valence-electron chi connectivity index (χ1n) is 49.0. The van der Waals surface area contributed by atoms with Crippen LogP contribution in [0.2, 0.25) is 0 Å². The molecule has 2 amide bonds. The van der Waals surface area contributed by atoms with Gasteiger partial charge in [0.05, 0.1) is 118 Å². The van der Waals surface area contributed by atoms with Crippen LogP contribution in [0.5, 0.6) is 0 Å². The largest absolute Gasteiger partial charge is 0.459 e. The first-order chi connectivity index (χ1) is 64.7. The zero-order chi connectivity index (χ0) is 105. The topological polar surface area (TPSA) is 554 Å². The highest BCUT2D eigenvalue weighted by atomic mass is 79.9. The minimum Gasteiger partial charge on any atom is -0.459 e. The van der Waals surface area contributed by atoms with Crippen LogP contribution in [-0.4, -0.2) is 383 Å². The van der Waals surface area contributed by atoms with Crippen molar-refractivity contribution in [1.82, 2.24) is 30.7 Å². The molecule has 0 bridgehead atoms. The summed E-state index contributed by atoms with van der Waals surface area (Å²) in [5, 5.41) is 167. The Bertz CT molecular complexity index is 4100. The normalized spacial score (nSPS) is 40.2. The number of ether oxygens (including phenoxy) is 12. The van der Waals surface area contributed by atoms with E-state index in [9.17, 15) is 101 Å². The van der Waals surface area contributed by atoms with Crippen molar-refractivity contribution in [3.63, 3.8) is 0 Å². The molecule has 6 aliphatic heterocycles. The molecule has 6 aliphatic rings. The number of hydrogen-bond donors (Lipinski definition) is 15. The molecular formula is C98H169BrN8O32. The van der Waals surface area contributed by atoms with Crippen LogP contribution in [0.25, 0.3) is 0 Å². The molecule has 6 fully saturated rings. The predicted molar refractivity (Wildman–Crippen MR) is 517 cm³/mol. The maximum atomic E-state index is 14.4. The number of nitro benzene ring substituents is 2. The Balaban J connectivity index is 0.000000368. The van der Waals surface area contributed by atoms with Crippen molar-refractivity contribution in [2.75, 3.05) is 80.6 Å². The number of aliphatic hydroxyl groups is 12. The highest BCUT2D eigenvalue weighted by Crippen LogP contribution is 2.45. The van der Waals surface area contributed by atoms with Crippen molar-refractivity contribution in [1.29, 1.82) is 0 Å². The van der Waals surface area contributed by atoms with E-state index in [1.165, 1.54) is 52.3 Å². The number of amides is 2. The Labute approximate surface area is 828 Å². The number of nitrogens with one attached hydrogen (secondary N) is 3. The monoisotopic (exact) mass is 2050 g/mol. The van der Waals surface area contributed by atoms with Crippen molar-refractivity contribution < 1.29 is 147 Å². The lowest BCUT2D eigenvalue weighted by molar-refractivity contribution is -0.385.